The zero-order valence-electron chi connectivity index (χ0n) is 14.9. The second-order valence-corrected chi connectivity index (χ2v) is 6.81. The molecule has 0 saturated carbocycles. The van der Waals surface area contributed by atoms with E-state index in [1.807, 2.05) is 13.8 Å². The summed E-state index contributed by atoms with van der Waals surface area (Å²) in [5, 5.41) is 4.59. The molecule has 0 spiro atoms. The number of rotatable bonds is 5. The lowest BCUT2D eigenvalue weighted by atomic mass is 9.98. The SMILES string of the molecule is CSNn1c(=O)[nH]c2cc(C(C)F)c(-c3ccnn3C(C)C)cc2c1=O. The largest absolute Gasteiger partial charge is 0.348 e. The number of aromatic amines is 1. The van der Waals surface area contributed by atoms with Crippen molar-refractivity contribution in [3.05, 3.63) is 50.8 Å². The Labute approximate surface area is 153 Å². The number of hydrogen-bond acceptors (Lipinski definition) is 5. The molecule has 0 amide bonds. The molecule has 1 aromatic carbocycles. The zero-order chi connectivity index (χ0) is 19.0. The molecule has 0 aliphatic rings. The van der Waals surface area contributed by atoms with Gasteiger partial charge in [-0.15, -0.1) is 0 Å². The maximum atomic E-state index is 14.3. The molecule has 0 saturated heterocycles. The van der Waals surface area contributed by atoms with Crippen LogP contribution in [0, 0.1) is 0 Å². The number of alkyl halides is 1. The van der Waals surface area contributed by atoms with Crippen molar-refractivity contribution in [3.63, 3.8) is 0 Å². The third-order valence-electron chi connectivity index (χ3n) is 4.11. The third kappa shape index (κ3) is 3.03. The summed E-state index contributed by atoms with van der Waals surface area (Å²) >= 11 is 1.13. The van der Waals surface area contributed by atoms with Gasteiger partial charge < -0.3 is 4.98 Å². The van der Waals surface area contributed by atoms with Gasteiger partial charge in [-0.1, -0.05) is 0 Å². The molecule has 26 heavy (non-hydrogen) atoms. The first-order chi connectivity index (χ1) is 12.3. The van der Waals surface area contributed by atoms with Crippen LogP contribution in [0.15, 0.2) is 34.0 Å². The number of benzene rings is 1. The van der Waals surface area contributed by atoms with Crippen LogP contribution in [0.3, 0.4) is 0 Å². The Morgan fingerprint density at radius 1 is 1.27 bits per heavy atom. The van der Waals surface area contributed by atoms with Crippen LogP contribution >= 0.6 is 11.9 Å². The Bertz CT molecular complexity index is 1070. The van der Waals surface area contributed by atoms with Gasteiger partial charge in [0.25, 0.3) is 5.56 Å². The summed E-state index contributed by atoms with van der Waals surface area (Å²) in [6, 6.07) is 5.01. The summed E-state index contributed by atoms with van der Waals surface area (Å²) in [5.74, 6) is 0. The summed E-state index contributed by atoms with van der Waals surface area (Å²) in [4.78, 5) is 30.1. The molecule has 1 atom stereocenters. The average molecular weight is 377 g/mol. The predicted molar refractivity (Wildman–Crippen MR) is 103 cm³/mol. The van der Waals surface area contributed by atoms with E-state index in [4.69, 9.17) is 0 Å². The minimum atomic E-state index is -1.28. The smallest absolute Gasteiger partial charge is 0.305 e. The van der Waals surface area contributed by atoms with E-state index in [-0.39, 0.29) is 6.04 Å². The van der Waals surface area contributed by atoms with Crippen LogP contribution in [0.4, 0.5) is 4.39 Å². The van der Waals surface area contributed by atoms with Crippen LogP contribution in [-0.4, -0.2) is 25.7 Å². The van der Waals surface area contributed by atoms with Gasteiger partial charge >= 0.3 is 5.69 Å². The molecule has 2 aromatic heterocycles. The summed E-state index contributed by atoms with van der Waals surface area (Å²) in [5.41, 5.74) is 0.903. The number of halogens is 1. The molecule has 0 bridgehead atoms. The van der Waals surface area contributed by atoms with Gasteiger partial charge in [0, 0.05) is 24.1 Å². The zero-order valence-corrected chi connectivity index (χ0v) is 15.7. The standard InChI is InChI=1S/C17H20FN5O2S/c1-9(2)22-15(5-6-19-22)12-7-13-14(8-11(12)10(3)18)20-17(25)23(16(13)24)21-26-4/h5-10,21H,1-4H3,(H,20,25). The van der Waals surface area contributed by atoms with Crippen LogP contribution in [-0.2, 0) is 0 Å². The Morgan fingerprint density at radius 2 is 2.00 bits per heavy atom. The van der Waals surface area contributed by atoms with E-state index in [1.54, 1.807) is 29.3 Å². The summed E-state index contributed by atoms with van der Waals surface area (Å²) < 4.78 is 17.0. The number of aromatic nitrogens is 4. The van der Waals surface area contributed by atoms with Crippen molar-refractivity contribution >= 4 is 22.9 Å². The first-order valence-electron chi connectivity index (χ1n) is 8.15. The van der Waals surface area contributed by atoms with Crippen molar-refractivity contribution in [1.82, 2.24) is 19.4 Å². The highest BCUT2D eigenvalue weighted by Crippen LogP contribution is 2.33. The van der Waals surface area contributed by atoms with Crippen molar-refractivity contribution in [3.8, 4) is 11.3 Å². The minimum Gasteiger partial charge on any atom is -0.305 e. The Hall–Kier alpha value is -2.55. The van der Waals surface area contributed by atoms with E-state index in [0.29, 0.717) is 22.0 Å². The number of H-pyrrole nitrogens is 1. The molecule has 2 N–H and O–H groups in total. The van der Waals surface area contributed by atoms with Gasteiger partial charge in [-0.2, -0.15) is 9.77 Å². The number of nitrogens with one attached hydrogen (secondary N) is 2. The lowest BCUT2D eigenvalue weighted by molar-refractivity contribution is 0.375. The maximum absolute atomic E-state index is 14.3. The van der Waals surface area contributed by atoms with E-state index in [0.717, 1.165) is 22.3 Å². The van der Waals surface area contributed by atoms with E-state index < -0.39 is 17.4 Å². The number of nitrogens with zero attached hydrogens (tertiary/aromatic N) is 3. The van der Waals surface area contributed by atoms with Crippen LogP contribution in [0.5, 0.6) is 0 Å². The molecule has 0 radical (unpaired) electrons. The highest BCUT2D eigenvalue weighted by molar-refractivity contribution is 7.99. The Balaban J connectivity index is 2.38. The van der Waals surface area contributed by atoms with Gasteiger partial charge in [-0.3, -0.25) is 14.3 Å². The molecule has 2 heterocycles. The van der Waals surface area contributed by atoms with Gasteiger partial charge in [0.05, 0.1) is 16.6 Å². The van der Waals surface area contributed by atoms with Crippen LogP contribution in [0.25, 0.3) is 22.2 Å². The van der Waals surface area contributed by atoms with Crippen molar-refractivity contribution in [2.24, 2.45) is 0 Å². The van der Waals surface area contributed by atoms with Crippen LogP contribution < -0.4 is 16.1 Å². The fourth-order valence-corrected chi connectivity index (χ4v) is 3.29. The van der Waals surface area contributed by atoms with E-state index in [1.165, 1.54) is 13.0 Å². The molecule has 7 nitrogen and oxygen atoms in total. The second kappa shape index (κ2) is 6.99. The van der Waals surface area contributed by atoms with Gasteiger partial charge in [-0.05, 0) is 56.5 Å². The maximum Gasteiger partial charge on any atom is 0.348 e. The molecule has 3 rings (SSSR count). The molecule has 9 heteroatoms. The first kappa shape index (κ1) is 18.2. The monoisotopic (exact) mass is 377 g/mol. The molecule has 138 valence electrons. The van der Waals surface area contributed by atoms with Gasteiger partial charge in [0.1, 0.15) is 6.17 Å². The minimum absolute atomic E-state index is 0.0730. The molecular formula is C17H20FN5O2S. The quantitative estimate of drug-likeness (QED) is 0.668. The lowest BCUT2D eigenvalue weighted by Crippen LogP contribution is -2.38. The molecule has 0 fully saturated rings. The third-order valence-corrected chi connectivity index (χ3v) is 4.48. The van der Waals surface area contributed by atoms with Crippen LogP contribution in [0.2, 0.25) is 0 Å². The van der Waals surface area contributed by atoms with Gasteiger partial charge in [-0.25, -0.2) is 9.18 Å². The van der Waals surface area contributed by atoms with Gasteiger partial charge in [0.15, 0.2) is 0 Å². The molecular weight excluding hydrogens is 357 g/mol. The van der Waals surface area contributed by atoms with Crippen molar-refractivity contribution in [2.45, 2.75) is 33.0 Å². The fourth-order valence-electron chi connectivity index (χ4n) is 2.94. The number of hydrogen-bond donors (Lipinski definition) is 2. The van der Waals surface area contributed by atoms with Crippen LogP contribution in [0.1, 0.15) is 38.5 Å². The van der Waals surface area contributed by atoms with E-state index in [2.05, 4.69) is 14.9 Å². The lowest BCUT2D eigenvalue weighted by Gasteiger charge is -2.16. The summed E-state index contributed by atoms with van der Waals surface area (Å²) in [6.07, 6.45) is 2.07. The topological polar surface area (TPSA) is 84.7 Å². The molecule has 0 aliphatic heterocycles. The fraction of sp³-hybridized carbons (Fsp3) is 0.353. The highest BCUT2D eigenvalue weighted by atomic mass is 32.2. The van der Waals surface area contributed by atoms with Gasteiger partial charge in [0.2, 0.25) is 0 Å². The van der Waals surface area contributed by atoms with E-state index in [9.17, 15) is 14.0 Å². The second-order valence-electron chi connectivity index (χ2n) is 6.22. The van der Waals surface area contributed by atoms with Crippen molar-refractivity contribution in [1.29, 1.82) is 0 Å². The molecule has 3 aromatic rings. The summed E-state index contributed by atoms with van der Waals surface area (Å²) in [7, 11) is 0. The molecule has 0 aliphatic carbocycles. The molecule has 1 unspecified atom stereocenters. The summed E-state index contributed by atoms with van der Waals surface area (Å²) in [6.45, 7) is 5.38. The Kier molecular flexibility index (Phi) is 4.90. The number of fused-ring (bicyclic) bond motifs is 1. The highest BCUT2D eigenvalue weighted by Gasteiger charge is 2.19. The normalized spacial score (nSPS) is 12.7. The Morgan fingerprint density at radius 3 is 2.62 bits per heavy atom. The first-order valence-corrected chi connectivity index (χ1v) is 9.37. The van der Waals surface area contributed by atoms with E-state index >= 15 is 0 Å². The van der Waals surface area contributed by atoms with Crippen molar-refractivity contribution in [2.75, 3.05) is 11.1 Å². The van der Waals surface area contributed by atoms with Crippen molar-refractivity contribution < 1.29 is 4.39 Å². The average Bonchev–Trinajstić information content (AvgIpc) is 3.07. The predicted octanol–water partition coefficient (Wildman–Crippen LogP) is 2.99.